The number of halogens is 1. The molecule has 0 radical (unpaired) electrons. The molecule has 4 heterocycles. The number of carbonyl (C=O) groups is 1. The van der Waals surface area contributed by atoms with Gasteiger partial charge in [-0.25, -0.2) is 18.9 Å². The van der Waals surface area contributed by atoms with Gasteiger partial charge in [0.05, 0.1) is 24.0 Å². The van der Waals surface area contributed by atoms with E-state index in [1.807, 2.05) is 0 Å². The Morgan fingerprint density at radius 2 is 2.06 bits per heavy atom. The average molecular weight is 478 g/mol. The zero-order valence-electron chi connectivity index (χ0n) is 19.0. The van der Waals surface area contributed by atoms with Crippen molar-refractivity contribution in [2.45, 2.75) is 25.0 Å². The number of nitrogens with zero attached hydrogens (tertiary/aromatic N) is 5. The van der Waals surface area contributed by atoms with Crippen LogP contribution >= 0.6 is 0 Å². The van der Waals surface area contributed by atoms with Gasteiger partial charge in [-0.2, -0.15) is 0 Å². The molecule has 3 N–H and O–H groups in total. The zero-order valence-corrected chi connectivity index (χ0v) is 19.0. The van der Waals surface area contributed by atoms with Gasteiger partial charge >= 0.3 is 0 Å². The highest BCUT2D eigenvalue weighted by molar-refractivity contribution is 5.94. The van der Waals surface area contributed by atoms with Gasteiger partial charge < -0.3 is 20.7 Å². The first-order chi connectivity index (χ1) is 17.0. The van der Waals surface area contributed by atoms with E-state index >= 15 is 0 Å². The number of rotatable bonds is 7. The Bertz CT molecular complexity index is 1460. The van der Waals surface area contributed by atoms with Crippen molar-refractivity contribution in [3.05, 3.63) is 70.8 Å². The SMILES string of the molecule is CNc1cc(Nc2cccn(-c3ncccc3F)c2=O)nn2c(C(=O)N[C@@H]3CC[C@H]3OC)cnc12. The summed E-state index contributed by atoms with van der Waals surface area (Å²) in [7, 11) is 3.33. The molecule has 4 aromatic rings. The fourth-order valence-corrected chi connectivity index (χ4v) is 3.98. The normalized spacial score (nSPS) is 17.1. The molecule has 1 amide bonds. The maximum Gasteiger partial charge on any atom is 0.280 e. The van der Waals surface area contributed by atoms with Crippen LogP contribution in [0.3, 0.4) is 0 Å². The van der Waals surface area contributed by atoms with Crippen molar-refractivity contribution in [2.75, 3.05) is 24.8 Å². The van der Waals surface area contributed by atoms with Crippen LogP contribution in [0, 0.1) is 5.82 Å². The van der Waals surface area contributed by atoms with Gasteiger partial charge in [0.2, 0.25) is 0 Å². The van der Waals surface area contributed by atoms with E-state index in [0.717, 1.165) is 17.4 Å². The Balaban J connectivity index is 1.49. The highest BCUT2D eigenvalue weighted by Gasteiger charge is 2.33. The van der Waals surface area contributed by atoms with Crippen LogP contribution in [0.5, 0.6) is 0 Å². The molecule has 1 aliphatic rings. The average Bonchev–Trinajstić information content (AvgIpc) is 3.27. The molecule has 11 nitrogen and oxygen atoms in total. The van der Waals surface area contributed by atoms with E-state index in [0.29, 0.717) is 11.3 Å². The van der Waals surface area contributed by atoms with Crippen LogP contribution in [0.4, 0.5) is 21.6 Å². The quantitative estimate of drug-likeness (QED) is 0.369. The number of anilines is 3. The van der Waals surface area contributed by atoms with Crippen molar-refractivity contribution >= 4 is 28.7 Å². The second-order valence-electron chi connectivity index (χ2n) is 8.03. The highest BCUT2D eigenvalue weighted by Crippen LogP contribution is 2.24. The van der Waals surface area contributed by atoms with Gasteiger partial charge in [0, 0.05) is 32.6 Å². The first-order valence-electron chi connectivity index (χ1n) is 11.0. The van der Waals surface area contributed by atoms with Gasteiger partial charge in [-0.05, 0) is 37.1 Å². The summed E-state index contributed by atoms with van der Waals surface area (Å²) in [5, 5.41) is 13.4. The molecule has 1 saturated carbocycles. The third-order valence-electron chi connectivity index (χ3n) is 5.98. The number of pyridine rings is 2. The molecule has 0 unspecified atom stereocenters. The largest absolute Gasteiger partial charge is 0.385 e. The van der Waals surface area contributed by atoms with Crippen molar-refractivity contribution < 1.29 is 13.9 Å². The first kappa shape index (κ1) is 22.5. The number of ether oxygens (including phenoxy) is 1. The molecule has 12 heteroatoms. The number of imidazole rings is 1. The molecule has 0 saturated heterocycles. The summed E-state index contributed by atoms with van der Waals surface area (Å²) >= 11 is 0. The smallest absolute Gasteiger partial charge is 0.280 e. The van der Waals surface area contributed by atoms with E-state index in [2.05, 4.69) is 31.0 Å². The van der Waals surface area contributed by atoms with Crippen molar-refractivity contribution in [2.24, 2.45) is 0 Å². The lowest BCUT2D eigenvalue weighted by molar-refractivity contribution is 0.00718. The summed E-state index contributed by atoms with van der Waals surface area (Å²) in [6, 6.07) is 7.41. The second-order valence-corrected chi connectivity index (χ2v) is 8.03. The van der Waals surface area contributed by atoms with Gasteiger partial charge in [0.15, 0.2) is 28.8 Å². The van der Waals surface area contributed by atoms with E-state index in [9.17, 15) is 14.0 Å². The predicted molar refractivity (Wildman–Crippen MR) is 127 cm³/mol. The molecule has 4 aromatic heterocycles. The van der Waals surface area contributed by atoms with E-state index in [1.165, 1.54) is 35.2 Å². The zero-order chi connectivity index (χ0) is 24.5. The highest BCUT2D eigenvalue weighted by atomic mass is 19.1. The molecule has 1 fully saturated rings. The first-order valence-corrected chi connectivity index (χ1v) is 11.0. The van der Waals surface area contributed by atoms with Crippen molar-refractivity contribution in [1.29, 1.82) is 0 Å². The third kappa shape index (κ3) is 4.08. The predicted octanol–water partition coefficient (Wildman–Crippen LogP) is 2.11. The maximum absolute atomic E-state index is 14.2. The summed E-state index contributed by atoms with van der Waals surface area (Å²) < 4.78 is 22.1. The standard InChI is InChI=1S/C23H23FN8O3/c1-25-16-11-19(28-15-6-4-10-31(23(15)34)20-13(24)5-3-9-26-20)30-32-17(12-27-21(16)32)22(33)29-14-7-8-18(14)35-2/h3-6,9-12,14,18,25H,7-8H2,1-2H3,(H,28,30)(H,29,33)/t14-,18-/m1/s1. The van der Waals surface area contributed by atoms with E-state index in [4.69, 9.17) is 4.74 Å². The Hall–Kier alpha value is -4.32. The molecule has 5 rings (SSSR count). The number of nitrogens with one attached hydrogen (secondary N) is 3. The van der Waals surface area contributed by atoms with E-state index in [1.54, 1.807) is 32.4 Å². The van der Waals surface area contributed by atoms with Crippen LogP contribution in [0.2, 0.25) is 0 Å². The molecule has 35 heavy (non-hydrogen) atoms. The fraction of sp³-hybridized carbons (Fsp3) is 0.261. The molecule has 0 bridgehead atoms. The Morgan fingerprint density at radius 3 is 2.77 bits per heavy atom. The van der Waals surface area contributed by atoms with Crippen LogP contribution in [0.1, 0.15) is 23.3 Å². The fourth-order valence-electron chi connectivity index (χ4n) is 3.98. The molecular weight excluding hydrogens is 455 g/mol. The van der Waals surface area contributed by atoms with Crippen molar-refractivity contribution in [3.8, 4) is 5.82 Å². The minimum Gasteiger partial charge on any atom is -0.385 e. The summed E-state index contributed by atoms with van der Waals surface area (Å²) in [5.74, 6) is -0.785. The summed E-state index contributed by atoms with van der Waals surface area (Å²) in [6.07, 6.45) is 5.99. The molecule has 0 aromatic carbocycles. The van der Waals surface area contributed by atoms with Gasteiger partial charge in [-0.3, -0.25) is 14.2 Å². The summed E-state index contributed by atoms with van der Waals surface area (Å²) in [5.41, 5.74) is 0.906. The van der Waals surface area contributed by atoms with Crippen LogP contribution in [-0.4, -0.2) is 56.4 Å². The number of aromatic nitrogens is 5. The van der Waals surface area contributed by atoms with E-state index < -0.39 is 11.4 Å². The summed E-state index contributed by atoms with van der Waals surface area (Å²) in [4.78, 5) is 34.3. The molecule has 0 aliphatic heterocycles. The van der Waals surface area contributed by atoms with Crippen molar-refractivity contribution in [3.63, 3.8) is 0 Å². The van der Waals surface area contributed by atoms with Crippen molar-refractivity contribution in [1.82, 2.24) is 29.5 Å². The lowest BCUT2D eigenvalue weighted by Gasteiger charge is -2.35. The maximum atomic E-state index is 14.2. The number of amides is 1. The molecule has 1 aliphatic carbocycles. The Labute approximate surface area is 199 Å². The monoisotopic (exact) mass is 478 g/mol. The number of fused-ring (bicyclic) bond motifs is 1. The van der Waals surface area contributed by atoms with Gasteiger partial charge in [0.1, 0.15) is 5.69 Å². The van der Waals surface area contributed by atoms with Crippen LogP contribution in [0.15, 0.2) is 53.7 Å². The van der Waals surface area contributed by atoms with Crippen LogP contribution < -0.4 is 21.5 Å². The summed E-state index contributed by atoms with van der Waals surface area (Å²) in [6.45, 7) is 0. The minimum absolute atomic E-state index is 0.0135. The molecule has 2 atom stereocenters. The van der Waals surface area contributed by atoms with Crippen LogP contribution in [0.25, 0.3) is 11.5 Å². The minimum atomic E-state index is -0.625. The van der Waals surface area contributed by atoms with Gasteiger partial charge in [-0.1, -0.05) is 0 Å². The number of hydrogen-bond donors (Lipinski definition) is 3. The van der Waals surface area contributed by atoms with Crippen LogP contribution in [-0.2, 0) is 4.74 Å². The third-order valence-corrected chi connectivity index (χ3v) is 5.98. The van der Waals surface area contributed by atoms with Gasteiger partial charge in [0.25, 0.3) is 11.5 Å². The molecule has 0 spiro atoms. The topological polar surface area (TPSA) is 127 Å². The van der Waals surface area contributed by atoms with Gasteiger partial charge in [-0.15, -0.1) is 5.10 Å². The lowest BCUT2D eigenvalue weighted by Crippen LogP contribution is -2.51. The molecule has 180 valence electrons. The second kappa shape index (κ2) is 9.14. The van der Waals surface area contributed by atoms with E-state index in [-0.39, 0.29) is 41.1 Å². The number of hydrogen-bond acceptors (Lipinski definition) is 8. The lowest BCUT2D eigenvalue weighted by atomic mass is 9.89. The number of carbonyl (C=O) groups excluding carboxylic acids is 1. The molecular formula is C23H23FN8O3. The number of methoxy groups -OCH3 is 1. The Morgan fingerprint density at radius 1 is 1.20 bits per heavy atom. The Kier molecular flexibility index (Phi) is 5.87.